The van der Waals surface area contributed by atoms with E-state index in [-0.39, 0.29) is 0 Å². The lowest BCUT2D eigenvalue weighted by Gasteiger charge is -2.12. The van der Waals surface area contributed by atoms with Gasteiger partial charge in [0.2, 0.25) is 0 Å². The second-order valence-electron chi connectivity index (χ2n) is 6.78. The molecule has 1 saturated heterocycles. The van der Waals surface area contributed by atoms with Crippen LogP contribution in [0.2, 0.25) is 0 Å². The van der Waals surface area contributed by atoms with Gasteiger partial charge in [-0.1, -0.05) is 6.07 Å². The number of rotatable bonds is 4. The van der Waals surface area contributed by atoms with Crippen LogP contribution in [0.1, 0.15) is 6.42 Å². The third-order valence-corrected chi connectivity index (χ3v) is 4.79. The van der Waals surface area contributed by atoms with Crippen molar-refractivity contribution in [1.29, 1.82) is 0 Å². The average Bonchev–Trinajstić information content (AvgIpc) is 3.42. The zero-order valence-electron chi connectivity index (χ0n) is 15.0. The molecule has 5 heterocycles. The van der Waals surface area contributed by atoms with Gasteiger partial charge in [0.05, 0.1) is 23.8 Å². The predicted molar refractivity (Wildman–Crippen MR) is 103 cm³/mol. The highest BCUT2D eigenvalue weighted by Crippen LogP contribution is 2.23. The van der Waals surface area contributed by atoms with Crippen molar-refractivity contribution < 1.29 is 0 Å². The molecule has 5 rings (SSSR count). The highest BCUT2D eigenvalue weighted by molar-refractivity contribution is 5.64. The van der Waals surface area contributed by atoms with Crippen LogP contribution in [0.4, 0.5) is 5.82 Å². The first-order valence-electron chi connectivity index (χ1n) is 9.05. The fourth-order valence-corrected chi connectivity index (χ4v) is 3.40. The third kappa shape index (κ3) is 3.04. The van der Waals surface area contributed by atoms with Crippen molar-refractivity contribution in [3.63, 3.8) is 0 Å². The summed E-state index contributed by atoms with van der Waals surface area (Å²) < 4.78 is 3.61. The lowest BCUT2D eigenvalue weighted by Crippen LogP contribution is -2.22. The molecule has 2 N–H and O–H groups in total. The monoisotopic (exact) mass is 360 g/mol. The highest BCUT2D eigenvalue weighted by Gasteiger charge is 2.15. The molecule has 0 aliphatic carbocycles. The molecule has 8 heteroatoms. The molecule has 1 fully saturated rings. The van der Waals surface area contributed by atoms with Crippen molar-refractivity contribution in [2.75, 3.05) is 18.4 Å². The van der Waals surface area contributed by atoms with E-state index in [2.05, 4.69) is 20.7 Å². The first-order chi connectivity index (χ1) is 13.3. The largest absolute Gasteiger partial charge is 0.366 e. The van der Waals surface area contributed by atoms with Gasteiger partial charge in [0, 0.05) is 31.4 Å². The lowest BCUT2D eigenvalue weighted by molar-refractivity contribution is 0.768. The van der Waals surface area contributed by atoms with Gasteiger partial charge in [0.25, 0.3) is 0 Å². The van der Waals surface area contributed by atoms with Crippen LogP contribution in [0.15, 0.2) is 48.9 Å². The number of fused-ring (bicyclic) bond motifs is 1. The fraction of sp³-hybridized carbons (Fsp3) is 0.263. The van der Waals surface area contributed by atoms with Crippen molar-refractivity contribution in [3.8, 4) is 22.6 Å². The molecular formula is C19H20N8. The molecule has 0 unspecified atom stereocenters. The minimum absolute atomic E-state index is 0.422. The van der Waals surface area contributed by atoms with E-state index in [1.165, 1.54) is 0 Å². The van der Waals surface area contributed by atoms with E-state index in [4.69, 9.17) is 10.1 Å². The van der Waals surface area contributed by atoms with Gasteiger partial charge in [-0.3, -0.25) is 4.68 Å². The summed E-state index contributed by atoms with van der Waals surface area (Å²) in [6.45, 7) is 2.02. The lowest BCUT2D eigenvalue weighted by atomic mass is 10.2. The van der Waals surface area contributed by atoms with Gasteiger partial charge in [-0.05, 0) is 37.2 Å². The van der Waals surface area contributed by atoms with Crippen LogP contribution in [0, 0.1) is 0 Å². The molecule has 27 heavy (non-hydrogen) atoms. The second kappa shape index (κ2) is 6.48. The Labute approximate surface area is 156 Å². The molecule has 136 valence electrons. The van der Waals surface area contributed by atoms with Crippen LogP contribution < -0.4 is 10.6 Å². The molecule has 8 nitrogen and oxygen atoms in total. The standard InChI is InChI=1S/C19H20N8/c1-26-12-13(9-22-26)15-5-6-19-21-11-17(27(19)25-15)16-3-2-4-18(24-16)23-14-7-8-20-10-14/h2-6,9,11-12,14,20H,7-8,10H2,1H3,(H,23,24)/t14-/m1/s1. The summed E-state index contributed by atoms with van der Waals surface area (Å²) in [6.07, 6.45) is 6.68. The molecule has 0 spiro atoms. The molecule has 4 aromatic rings. The van der Waals surface area contributed by atoms with E-state index < -0.39 is 0 Å². The summed E-state index contributed by atoms with van der Waals surface area (Å²) in [5, 5.41) is 15.8. The van der Waals surface area contributed by atoms with Gasteiger partial charge in [-0.25, -0.2) is 14.5 Å². The van der Waals surface area contributed by atoms with Crippen molar-refractivity contribution in [2.45, 2.75) is 12.5 Å². The summed E-state index contributed by atoms with van der Waals surface area (Å²) >= 11 is 0. The Bertz CT molecular complexity index is 1090. The number of hydrogen-bond acceptors (Lipinski definition) is 6. The van der Waals surface area contributed by atoms with Crippen molar-refractivity contribution in [2.24, 2.45) is 7.05 Å². The van der Waals surface area contributed by atoms with Gasteiger partial charge < -0.3 is 10.6 Å². The molecule has 1 aliphatic rings. The molecule has 0 aromatic carbocycles. The minimum atomic E-state index is 0.422. The molecule has 1 atom stereocenters. The number of nitrogens with zero attached hydrogens (tertiary/aromatic N) is 6. The van der Waals surface area contributed by atoms with E-state index in [1.54, 1.807) is 4.68 Å². The zero-order chi connectivity index (χ0) is 18.2. The second-order valence-corrected chi connectivity index (χ2v) is 6.78. The summed E-state index contributed by atoms with van der Waals surface area (Å²) in [7, 11) is 1.90. The smallest absolute Gasteiger partial charge is 0.154 e. The van der Waals surface area contributed by atoms with Crippen LogP contribution in [0.5, 0.6) is 0 Å². The van der Waals surface area contributed by atoms with E-state index in [9.17, 15) is 0 Å². The van der Waals surface area contributed by atoms with Crippen molar-refractivity contribution >= 4 is 11.5 Å². The Morgan fingerprint density at radius 1 is 1.15 bits per heavy atom. The maximum atomic E-state index is 4.78. The number of aryl methyl sites for hydroxylation is 1. The summed E-state index contributed by atoms with van der Waals surface area (Å²) in [5.41, 5.74) is 4.31. The topological polar surface area (TPSA) is 85.0 Å². The van der Waals surface area contributed by atoms with Crippen molar-refractivity contribution in [3.05, 3.63) is 48.9 Å². The van der Waals surface area contributed by atoms with E-state index in [1.807, 2.05) is 60.5 Å². The molecule has 0 radical (unpaired) electrons. The van der Waals surface area contributed by atoms with Crippen LogP contribution >= 0.6 is 0 Å². The number of hydrogen-bond donors (Lipinski definition) is 2. The van der Waals surface area contributed by atoms with Gasteiger partial charge >= 0.3 is 0 Å². The predicted octanol–water partition coefficient (Wildman–Crippen LogP) is 1.97. The first-order valence-corrected chi connectivity index (χ1v) is 9.05. The Balaban J connectivity index is 1.52. The van der Waals surface area contributed by atoms with Crippen LogP contribution in [-0.2, 0) is 7.05 Å². The number of aromatic nitrogens is 6. The quantitative estimate of drug-likeness (QED) is 0.579. The van der Waals surface area contributed by atoms with Crippen LogP contribution in [0.25, 0.3) is 28.3 Å². The fourth-order valence-electron chi connectivity index (χ4n) is 3.40. The normalized spacial score (nSPS) is 16.9. The molecule has 0 bridgehead atoms. The number of nitrogens with one attached hydrogen (secondary N) is 2. The van der Waals surface area contributed by atoms with E-state index in [0.717, 1.165) is 53.6 Å². The Hall–Kier alpha value is -3.26. The minimum Gasteiger partial charge on any atom is -0.366 e. The summed E-state index contributed by atoms with van der Waals surface area (Å²) in [4.78, 5) is 9.26. The Morgan fingerprint density at radius 2 is 2.11 bits per heavy atom. The summed E-state index contributed by atoms with van der Waals surface area (Å²) in [5.74, 6) is 0.875. The Kier molecular flexibility index (Phi) is 3.83. The number of imidazole rings is 1. The maximum absolute atomic E-state index is 4.78. The van der Waals surface area contributed by atoms with Gasteiger partial charge in [0.15, 0.2) is 5.65 Å². The van der Waals surface area contributed by atoms with E-state index in [0.29, 0.717) is 6.04 Å². The Morgan fingerprint density at radius 3 is 2.93 bits per heavy atom. The molecule has 1 aliphatic heterocycles. The van der Waals surface area contributed by atoms with Crippen molar-refractivity contribution in [1.82, 2.24) is 34.7 Å². The SMILES string of the molecule is Cn1cc(-c2ccc3ncc(-c4cccc(N[C@@H]5CCNC5)n4)n3n2)cn1. The van der Waals surface area contributed by atoms with Crippen LogP contribution in [-0.4, -0.2) is 48.5 Å². The highest BCUT2D eigenvalue weighted by atomic mass is 15.3. The van der Waals surface area contributed by atoms with Gasteiger partial charge in [-0.15, -0.1) is 0 Å². The zero-order valence-corrected chi connectivity index (χ0v) is 15.0. The molecule has 0 amide bonds. The molecule has 4 aromatic heterocycles. The molecular weight excluding hydrogens is 340 g/mol. The van der Waals surface area contributed by atoms with Gasteiger partial charge in [-0.2, -0.15) is 10.2 Å². The van der Waals surface area contributed by atoms with Gasteiger partial charge in [0.1, 0.15) is 11.5 Å². The average molecular weight is 360 g/mol. The first kappa shape index (κ1) is 16.0. The summed E-state index contributed by atoms with van der Waals surface area (Å²) in [6, 6.07) is 10.3. The number of pyridine rings is 1. The maximum Gasteiger partial charge on any atom is 0.154 e. The van der Waals surface area contributed by atoms with E-state index >= 15 is 0 Å². The molecule has 0 saturated carbocycles. The third-order valence-electron chi connectivity index (χ3n) is 4.79. The van der Waals surface area contributed by atoms with Crippen LogP contribution in [0.3, 0.4) is 0 Å². The number of anilines is 1.